The summed E-state index contributed by atoms with van der Waals surface area (Å²) in [5.41, 5.74) is 3.77. The smallest absolute Gasteiger partial charge is 0.407 e. The number of carbonyl (C=O) groups excluding carboxylic acids is 2. The zero-order valence-electron chi connectivity index (χ0n) is 23.2. The van der Waals surface area contributed by atoms with Gasteiger partial charge in [-0.3, -0.25) is 15.1 Å². The van der Waals surface area contributed by atoms with Crippen molar-refractivity contribution in [3.63, 3.8) is 0 Å². The second kappa shape index (κ2) is 15.8. The first-order chi connectivity index (χ1) is 20.1. The molecule has 0 radical (unpaired) electrons. The summed E-state index contributed by atoms with van der Waals surface area (Å²) in [7, 11) is 0. The molecular weight excluding hydrogens is 522 g/mol. The number of amides is 2. The quantitative estimate of drug-likeness (QED) is 0.174. The molecule has 2 amide bonds. The number of aromatic nitrogens is 4. The number of hydrogen-bond donors (Lipinski definition) is 4. The maximum Gasteiger partial charge on any atom is 0.407 e. The number of H-pyrrole nitrogens is 2. The van der Waals surface area contributed by atoms with Crippen LogP contribution >= 0.6 is 0 Å². The molecule has 0 fully saturated rings. The first kappa shape index (κ1) is 29.3. The van der Waals surface area contributed by atoms with Crippen molar-refractivity contribution in [1.82, 2.24) is 35.9 Å². The number of carbonyl (C=O) groups is 2. The molecule has 4 N–H and O–H groups in total. The molecule has 41 heavy (non-hydrogen) atoms. The Morgan fingerprint density at radius 2 is 1.17 bits per heavy atom. The number of benzene rings is 2. The Morgan fingerprint density at radius 1 is 0.732 bits per heavy atom. The number of ether oxygens (including phenoxy) is 2. The Morgan fingerprint density at radius 3 is 1.54 bits per heavy atom. The van der Waals surface area contributed by atoms with Crippen LogP contribution in [-0.2, 0) is 35.5 Å². The van der Waals surface area contributed by atoms with Crippen molar-refractivity contribution in [1.29, 1.82) is 0 Å². The molecule has 4 aromatic rings. The van der Waals surface area contributed by atoms with Crippen LogP contribution < -0.4 is 10.6 Å². The van der Waals surface area contributed by atoms with Gasteiger partial charge in [0.05, 0.1) is 12.4 Å². The highest BCUT2D eigenvalue weighted by atomic mass is 16.6. The van der Waals surface area contributed by atoms with Gasteiger partial charge in [0.2, 0.25) is 0 Å². The summed E-state index contributed by atoms with van der Waals surface area (Å²) in [6, 6.07) is 19.6. The van der Waals surface area contributed by atoms with E-state index in [1.807, 2.05) is 60.7 Å². The van der Waals surface area contributed by atoms with Crippen molar-refractivity contribution in [3.8, 4) is 0 Å². The molecule has 11 heteroatoms. The van der Waals surface area contributed by atoms with Gasteiger partial charge in [-0.1, -0.05) is 67.6 Å². The summed E-state index contributed by atoms with van der Waals surface area (Å²) in [6.45, 7) is 4.15. The fraction of sp³-hybridized carbons (Fsp3) is 0.333. The molecule has 0 bridgehead atoms. The maximum atomic E-state index is 12.7. The normalized spacial score (nSPS) is 12.4. The minimum Gasteiger partial charge on any atom is -0.445 e. The number of alkyl carbamates (subject to hydrolysis) is 2. The zero-order valence-corrected chi connectivity index (χ0v) is 23.2. The first-order valence-electron chi connectivity index (χ1n) is 13.7. The van der Waals surface area contributed by atoms with Gasteiger partial charge in [-0.2, -0.15) is 10.2 Å². The molecule has 0 saturated heterocycles. The fourth-order valence-corrected chi connectivity index (χ4v) is 4.50. The molecule has 2 atom stereocenters. The fourth-order valence-electron chi connectivity index (χ4n) is 4.50. The topological polar surface area (TPSA) is 137 Å². The van der Waals surface area contributed by atoms with Gasteiger partial charge in [-0.05, 0) is 30.5 Å². The third kappa shape index (κ3) is 10.5. The van der Waals surface area contributed by atoms with Crippen LogP contribution in [0.4, 0.5) is 9.59 Å². The number of hydrogen-bond acceptors (Lipinski definition) is 7. The third-order valence-electron chi connectivity index (χ3n) is 6.55. The van der Waals surface area contributed by atoms with Gasteiger partial charge in [-0.25, -0.2) is 9.59 Å². The van der Waals surface area contributed by atoms with Crippen LogP contribution in [0.15, 0.2) is 85.5 Å². The van der Waals surface area contributed by atoms with Gasteiger partial charge < -0.3 is 20.1 Å². The number of nitrogens with zero attached hydrogens (tertiary/aromatic N) is 3. The Hall–Kier alpha value is -4.64. The van der Waals surface area contributed by atoms with Gasteiger partial charge in [0.25, 0.3) is 0 Å². The van der Waals surface area contributed by atoms with Gasteiger partial charge in [-0.15, -0.1) is 0 Å². The average Bonchev–Trinajstić information content (AvgIpc) is 3.70. The Bertz CT molecular complexity index is 1190. The van der Waals surface area contributed by atoms with E-state index >= 15 is 0 Å². The van der Waals surface area contributed by atoms with Crippen LogP contribution in [0, 0.1) is 0 Å². The second-order valence-corrected chi connectivity index (χ2v) is 9.78. The molecule has 2 aromatic carbocycles. The van der Waals surface area contributed by atoms with E-state index in [1.165, 1.54) is 0 Å². The summed E-state index contributed by atoms with van der Waals surface area (Å²) in [4.78, 5) is 27.7. The molecule has 2 heterocycles. The van der Waals surface area contributed by atoms with E-state index in [0.29, 0.717) is 32.5 Å². The molecule has 2 aromatic heterocycles. The van der Waals surface area contributed by atoms with E-state index in [2.05, 4.69) is 42.9 Å². The highest BCUT2D eigenvalue weighted by Crippen LogP contribution is 2.10. The van der Waals surface area contributed by atoms with Gasteiger partial charge in [0, 0.05) is 48.7 Å². The number of aromatic amines is 2. The number of nitrogens with one attached hydrogen (secondary N) is 4. The molecule has 0 saturated carbocycles. The Labute approximate surface area is 239 Å². The lowest BCUT2D eigenvalue weighted by molar-refractivity contribution is 0.126. The van der Waals surface area contributed by atoms with E-state index < -0.39 is 12.2 Å². The van der Waals surface area contributed by atoms with Crippen molar-refractivity contribution in [2.75, 3.05) is 19.6 Å². The Kier molecular flexibility index (Phi) is 11.3. The Balaban J connectivity index is 1.41. The maximum absolute atomic E-state index is 12.7. The number of rotatable bonds is 15. The van der Waals surface area contributed by atoms with E-state index in [9.17, 15) is 9.59 Å². The largest absolute Gasteiger partial charge is 0.445 e. The van der Waals surface area contributed by atoms with Crippen molar-refractivity contribution in [3.05, 3.63) is 108 Å². The van der Waals surface area contributed by atoms with Crippen LogP contribution in [-0.4, -0.2) is 69.2 Å². The van der Waals surface area contributed by atoms with Crippen molar-refractivity contribution in [2.45, 2.75) is 45.1 Å². The van der Waals surface area contributed by atoms with Crippen LogP contribution in [0.5, 0.6) is 0 Å². The predicted octanol–water partition coefficient (Wildman–Crippen LogP) is 3.83. The minimum atomic E-state index is -0.495. The van der Waals surface area contributed by atoms with Gasteiger partial charge in [0.1, 0.15) is 13.2 Å². The SMILES string of the molecule is CCN(C[C@H](Cc1ccccc1)NC(=O)OCc1cn[nH]c1)C[C@H](Cc1ccccc1)NC(=O)OCc1cn[nH]c1. The lowest BCUT2D eigenvalue weighted by Gasteiger charge is -2.30. The molecule has 0 unspecified atom stereocenters. The lowest BCUT2D eigenvalue weighted by Crippen LogP contribution is -2.50. The highest BCUT2D eigenvalue weighted by Gasteiger charge is 2.22. The molecule has 0 aliphatic rings. The van der Waals surface area contributed by atoms with E-state index in [1.54, 1.807) is 24.8 Å². The molecule has 0 spiro atoms. The molecular formula is C30H37N7O4. The summed E-state index contributed by atoms with van der Waals surface area (Å²) >= 11 is 0. The third-order valence-corrected chi connectivity index (χ3v) is 6.55. The highest BCUT2D eigenvalue weighted by molar-refractivity contribution is 5.68. The van der Waals surface area contributed by atoms with E-state index in [4.69, 9.17) is 9.47 Å². The van der Waals surface area contributed by atoms with E-state index in [0.717, 1.165) is 22.3 Å². The van der Waals surface area contributed by atoms with Crippen LogP contribution in [0.3, 0.4) is 0 Å². The summed E-state index contributed by atoms with van der Waals surface area (Å²) in [5, 5.41) is 19.3. The minimum absolute atomic E-state index is 0.127. The van der Waals surface area contributed by atoms with Crippen molar-refractivity contribution < 1.29 is 19.1 Å². The van der Waals surface area contributed by atoms with Crippen LogP contribution in [0.1, 0.15) is 29.2 Å². The van der Waals surface area contributed by atoms with Gasteiger partial charge in [0.15, 0.2) is 0 Å². The second-order valence-electron chi connectivity index (χ2n) is 9.78. The predicted molar refractivity (Wildman–Crippen MR) is 154 cm³/mol. The average molecular weight is 560 g/mol. The molecule has 11 nitrogen and oxygen atoms in total. The van der Waals surface area contributed by atoms with Crippen LogP contribution in [0.25, 0.3) is 0 Å². The monoisotopic (exact) mass is 559 g/mol. The van der Waals surface area contributed by atoms with E-state index in [-0.39, 0.29) is 25.3 Å². The lowest BCUT2D eigenvalue weighted by atomic mass is 10.0. The summed E-state index contributed by atoms with van der Waals surface area (Å²) in [6.07, 6.45) is 6.88. The molecule has 216 valence electrons. The van der Waals surface area contributed by atoms with Crippen LogP contribution in [0.2, 0.25) is 0 Å². The van der Waals surface area contributed by atoms with Crippen molar-refractivity contribution in [2.24, 2.45) is 0 Å². The summed E-state index contributed by atoms with van der Waals surface area (Å²) < 4.78 is 10.9. The molecule has 4 rings (SSSR count). The zero-order chi connectivity index (χ0) is 28.7. The van der Waals surface area contributed by atoms with Gasteiger partial charge >= 0.3 is 12.2 Å². The summed E-state index contributed by atoms with van der Waals surface area (Å²) in [5.74, 6) is 0. The standard InChI is InChI=1S/C30H37N7O4/c1-2-37(19-27(13-23-9-5-3-6-10-23)35-29(38)40-21-25-15-31-32-16-25)20-28(14-24-11-7-4-8-12-24)36-30(39)41-22-26-17-33-34-18-26/h3-12,15-18,27-28H,2,13-14,19-22H2,1H3,(H,31,32)(H,33,34)(H,35,38)(H,36,39)/t27-,28-/m0/s1. The number of likely N-dealkylation sites (N-methyl/N-ethyl adjacent to an activating group) is 1. The molecule has 0 aliphatic carbocycles. The van der Waals surface area contributed by atoms with Crippen molar-refractivity contribution >= 4 is 12.2 Å². The first-order valence-corrected chi connectivity index (χ1v) is 13.7. The molecule has 0 aliphatic heterocycles.